The largest absolute Gasteiger partial charge is 0.339 e. The maximum Gasteiger partial charge on any atom is 0.227 e. The van der Waals surface area contributed by atoms with Crippen LogP contribution in [0.25, 0.3) is 11.4 Å². The van der Waals surface area contributed by atoms with Gasteiger partial charge in [-0.15, -0.1) is 12.4 Å². The molecule has 1 aliphatic heterocycles. The average molecular weight is 286 g/mol. The van der Waals surface area contributed by atoms with Gasteiger partial charge in [0.05, 0.1) is 0 Å². The number of nitrogens with zero attached hydrogens (tertiary/aromatic N) is 2. The molecule has 1 fully saturated rings. The monoisotopic (exact) mass is 285 g/mol. The lowest BCUT2D eigenvalue weighted by Gasteiger charge is -2.20. The summed E-state index contributed by atoms with van der Waals surface area (Å²) < 4.78 is 5.31. The first-order valence-corrected chi connectivity index (χ1v) is 6.92. The molecular formula is C12H16ClN3OS. The molecule has 6 heteroatoms. The number of nitrogens with one attached hydrogen (secondary N) is 1. The van der Waals surface area contributed by atoms with Crippen LogP contribution in [0.3, 0.4) is 0 Å². The lowest BCUT2D eigenvalue weighted by atomic mass is 9.96. The average Bonchev–Trinajstić information content (AvgIpc) is 3.00. The summed E-state index contributed by atoms with van der Waals surface area (Å²) in [5, 5.41) is 11.5. The van der Waals surface area contributed by atoms with Crippen molar-refractivity contribution in [3.8, 4) is 11.4 Å². The third kappa shape index (κ3) is 3.10. The van der Waals surface area contributed by atoms with Gasteiger partial charge in [0.15, 0.2) is 0 Å². The fourth-order valence-corrected chi connectivity index (χ4v) is 2.83. The van der Waals surface area contributed by atoms with E-state index in [9.17, 15) is 0 Å². The summed E-state index contributed by atoms with van der Waals surface area (Å²) in [5.74, 6) is 2.12. The van der Waals surface area contributed by atoms with E-state index in [1.165, 1.54) is 12.8 Å². The topological polar surface area (TPSA) is 51.0 Å². The molecule has 1 aliphatic rings. The summed E-state index contributed by atoms with van der Waals surface area (Å²) in [6.45, 7) is 2.21. The number of halogens is 1. The molecule has 2 aromatic rings. The summed E-state index contributed by atoms with van der Waals surface area (Å²) in [5.41, 5.74) is 1.05. The molecule has 3 heterocycles. The van der Waals surface area contributed by atoms with Crippen LogP contribution in [0.2, 0.25) is 0 Å². The maximum absolute atomic E-state index is 5.31. The first kappa shape index (κ1) is 13.5. The Morgan fingerprint density at radius 2 is 2.44 bits per heavy atom. The van der Waals surface area contributed by atoms with E-state index in [1.54, 1.807) is 11.3 Å². The standard InChI is InChI=1S/C12H15N3OS.ClH/c1-2-9(7-13-4-1)6-11-14-12(15-16-11)10-3-5-17-8-10;/h3,5,8-9,13H,1-2,4,6-7H2;1H. The van der Waals surface area contributed by atoms with Gasteiger partial charge < -0.3 is 9.84 Å². The number of hydrogen-bond acceptors (Lipinski definition) is 5. The van der Waals surface area contributed by atoms with E-state index < -0.39 is 0 Å². The van der Waals surface area contributed by atoms with E-state index in [2.05, 4.69) is 15.5 Å². The first-order valence-electron chi connectivity index (χ1n) is 5.98. The van der Waals surface area contributed by atoms with Crippen LogP contribution in [0.5, 0.6) is 0 Å². The van der Waals surface area contributed by atoms with Crippen molar-refractivity contribution in [1.82, 2.24) is 15.5 Å². The molecule has 98 valence electrons. The van der Waals surface area contributed by atoms with Gasteiger partial charge in [0.25, 0.3) is 0 Å². The Balaban J connectivity index is 0.00000120. The molecule has 0 radical (unpaired) electrons. The van der Waals surface area contributed by atoms with Crippen molar-refractivity contribution in [1.29, 1.82) is 0 Å². The second-order valence-corrected chi connectivity index (χ2v) is 5.22. The van der Waals surface area contributed by atoms with Crippen molar-refractivity contribution in [2.45, 2.75) is 19.3 Å². The SMILES string of the molecule is Cl.c1cc(-c2noc(CC3CCCNC3)n2)cs1. The van der Waals surface area contributed by atoms with Gasteiger partial charge in [-0.3, -0.25) is 0 Å². The number of piperidine rings is 1. The van der Waals surface area contributed by atoms with Crippen LogP contribution >= 0.6 is 23.7 Å². The second kappa shape index (κ2) is 6.31. The highest BCUT2D eigenvalue weighted by Crippen LogP contribution is 2.21. The van der Waals surface area contributed by atoms with Gasteiger partial charge in [0.1, 0.15) is 0 Å². The third-order valence-corrected chi connectivity index (χ3v) is 3.79. The maximum atomic E-state index is 5.31. The molecule has 1 saturated heterocycles. The Hall–Kier alpha value is -0.910. The normalized spacial score (nSPS) is 19.4. The molecule has 1 atom stereocenters. The molecule has 0 saturated carbocycles. The van der Waals surface area contributed by atoms with Crippen molar-refractivity contribution >= 4 is 23.7 Å². The van der Waals surface area contributed by atoms with Gasteiger partial charge in [0.2, 0.25) is 11.7 Å². The Kier molecular flexibility index (Phi) is 4.74. The molecule has 0 aromatic carbocycles. The van der Waals surface area contributed by atoms with E-state index in [0.717, 1.165) is 31.0 Å². The first-order chi connectivity index (χ1) is 8.42. The van der Waals surface area contributed by atoms with Crippen LogP contribution in [0.1, 0.15) is 18.7 Å². The minimum Gasteiger partial charge on any atom is -0.339 e. The van der Waals surface area contributed by atoms with Gasteiger partial charge in [-0.05, 0) is 43.3 Å². The Morgan fingerprint density at radius 1 is 1.50 bits per heavy atom. The van der Waals surface area contributed by atoms with E-state index >= 15 is 0 Å². The fraction of sp³-hybridized carbons (Fsp3) is 0.500. The molecule has 1 N–H and O–H groups in total. The van der Waals surface area contributed by atoms with Crippen molar-refractivity contribution in [3.63, 3.8) is 0 Å². The predicted molar refractivity (Wildman–Crippen MR) is 74.2 cm³/mol. The van der Waals surface area contributed by atoms with Crippen molar-refractivity contribution < 1.29 is 4.52 Å². The smallest absolute Gasteiger partial charge is 0.227 e. The van der Waals surface area contributed by atoms with Crippen LogP contribution in [0.4, 0.5) is 0 Å². The van der Waals surface area contributed by atoms with E-state index in [-0.39, 0.29) is 12.4 Å². The zero-order valence-electron chi connectivity index (χ0n) is 9.96. The van der Waals surface area contributed by atoms with E-state index in [1.807, 2.05) is 16.8 Å². The number of rotatable bonds is 3. The predicted octanol–water partition coefficient (Wildman–Crippen LogP) is 2.76. The van der Waals surface area contributed by atoms with Gasteiger partial charge >= 0.3 is 0 Å². The quantitative estimate of drug-likeness (QED) is 0.942. The summed E-state index contributed by atoms with van der Waals surface area (Å²) >= 11 is 1.65. The molecule has 0 bridgehead atoms. The minimum atomic E-state index is 0. The molecule has 0 aliphatic carbocycles. The van der Waals surface area contributed by atoms with Crippen molar-refractivity contribution in [3.05, 3.63) is 22.7 Å². The lowest BCUT2D eigenvalue weighted by Crippen LogP contribution is -2.30. The summed E-state index contributed by atoms with van der Waals surface area (Å²) in [7, 11) is 0. The molecule has 0 amide bonds. The zero-order chi connectivity index (χ0) is 11.5. The Labute approximate surface area is 116 Å². The minimum absolute atomic E-state index is 0. The van der Waals surface area contributed by atoms with Crippen LogP contribution in [0.15, 0.2) is 21.3 Å². The second-order valence-electron chi connectivity index (χ2n) is 4.44. The lowest BCUT2D eigenvalue weighted by molar-refractivity contribution is 0.316. The van der Waals surface area contributed by atoms with Gasteiger partial charge in [-0.25, -0.2) is 0 Å². The van der Waals surface area contributed by atoms with Gasteiger partial charge in [-0.1, -0.05) is 5.16 Å². The molecule has 4 nitrogen and oxygen atoms in total. The Morgan fingerprint density at radius 3 is 3.17 bits per heavy atom. The van der Waals surface area contributed by atoms with E-state index in [0.29, 0.717) is 11.7 Å². The molecule has 1 unspecified atom stereocenters. The van der Waals surface area contributed by atoms with Crippen molar-refractivity contribution in [2.75, 3.05) is 13.1 Å². The van der Waals surface area contributed by atoms with Gasteiger partial charge in [-0.2, -0.15) is 16.3 Å². The summed E-state index contributed by atoms with van der Waals surface area (Å²) in [6.07, 6.45) is 3.39. The zero-order valence-corrected chi connectivity index (χ0v) is 11.6. The van der Waals surface area contributed by atoms with Crippen LogP contribution in [-0.2, 0) is 6.42 Å². The number of thiophene rings is 1. The number of hydrogen-bond donors (Lipinski definition) is 1. The highest BCUT2D eigenvalue weighted by atomic mass is 35.5. The fourth-order valence-electron chi connectivity index (χ4n) is 2.19. The molecular weight excluding hydrogens is 270 g/mol. The molecule has 18 heavy (non-hydrogen) atoms. The molecule has 0 spiro atoms. The highest BCUT2D eigenvalue weighted by molar-refractivity contribution is 7.08. The van der Waals surface area contributed by atoms with Crippen LogP contribution in [-0.4, -0.2) is 23.2 Å². The molecule has 3 rings (SSSR count). The van der Waals surface area contributed by atoms with Crippen LogP contribution < -0.4 is 5.32 Å². The van der Waals surface area contributed by atoms with Crippen LogP contribution in [0, 0.1) is 5.92 Å². The Bertz CT molecular complexity index is 465. The van der Waals surface area contributed by atoms with Crippen molar-refractivity contribution in [2.24, 2.45) is 5.92 Å². The third-order valence-electron chi connectivity index (χ3n) is 3.11. The molecule has 2 aromatic heterocycles. The number of aromatic nitrogens is 2. The van der Waals surface area contributed by atoms with E-state index in [4.69, 9.17) is 4.52 Å². The summed E-state index contributed by atoms with van der Waals surface area (Å²) in [4.78, 5) is 4.45. The highest BCUT2D eigenvalue weighted by Gasteiger charge is 2.17. The summed E-state index contributed by atoms with van der Waals surface area (Å²) in [6, 6.07) is 2.02. The van der Waals surface area contributed by atoms with Gasteiger partial charge in [0, 0.05) is 17.4 Å².